The number of rotatable bonds is 9. The number of halogens is 3. The molecule has 2 atom stereocenters. The molecule has 0 bridgehead atoms. The van der Waals surface area contributed by atoms with Crippen molar-refractivity contribution in [2.75, 3.05) is 19.6 Å². The zero-order valence-electron chi connectivity index (χ0n) is 18.4. The predicted octanol–water partition coefficient (Wildman–Crippen LogP) is 2.74. The summed E-state index contributed by atoms with van der Waals surface area (Å²) in [4.78, 5) is 39.0. The number of hydrogen-bond acceptors (Lipinski definition) is 4. The Hall–Kier alpha value is -3.56. The first-order valence-electron chi connectivity index (χ1n) is 10.9. The van der Waals surface area contributed by atoms with Gasteiger partial charge < -0.3 is 20.7 Å². The number of piperidine rings is 1. The van der Waals surface area contributed by atoms with Gasteiger partial charge in [-0.25, -0.2) is 4.39 Å². The van der Waals surface area contributed by atoms with E-state index in [1.54, 1.807) is 18.2 Å². The molecule has 1 fully saturated rings. The van der Waals surface area contributed by atoms with Crippen molar-refractivity contribution in [3.05, 3.63) is 65.5 Å². The molecule has 1 heterocycles. The van der Waals surface area contributed by atoms with Gasteiger partial charge in [0.2, 0.25) is 11.8 Å². The van der Waals surface area contributed by atoms with Crippen LogP contribution in [-0.4, -0.2) is 48.9 Å². The van der Waals surface area contributed by atoms with Gasteiger partial charge in [0.25, 0.3) is 5.91 Å². The summed E-state index contributed by atoms with van der Waals surface area (Å²) in [6.07, 6.45) is 1.33. The van der Waals surface area contributed by atoms with Crippen LogP contribution in [0.4, 0.5) is 13.2 Å². The third-order valence-electron chi connectivity index (χ3n) is 5.73. The maximum Gasteiger partial charge on any atom is 0.387 e. The second-order valence-corrected chi connectivity index (χ2v) is 8.14. The number of nitrogens with zero attached hydrogens (tertiary/aromatic N) is 1. The highest BCUT2D eigenvalue weighted by Crippen LogP contribution is 2.25. The molecule has 0 radical (unpaired) electrons. The van der Waals surface area contributed by atoms with Crippen LogP contribution in [0, 0.1) is 17.7 Å². The third-order valence-corrected chi connectivity index (χ3v) is 5.73. The Labute approximate surface area is 195 Å². The standard InChI is InChI=1S/C24H26F3N3O4/c25-18-9-7-15(8-10-18)12-17(21(28)31)13-29-22(32)16-4-3-11-30(14-16)23(33)19-5-1-2-6-20(19)34-24(26)27/h1-2,5-10,16-17,24H,3-4,11-14H2,(H2,28,31)(H,29,32). The second-order valence-electron chi connectivity index (χ2n) is 8.14. The number of para-hydroxylation sites is 1. The summed E-state index contributed by atoms with van der Waals surface area (Å²) in [5, 5.41) is 2.73. The first kappa shape index (κ1) is 25.1. The fraction of sp³-hybridized carbons (Fsp3) is 0.375. The Bertz CT molecular complexity index is 1020. The number of primary amides is 1. The largest absolute Gasteiger partial charge is 0.434 e. The highest BCUT2D eigenvalue weighted by atomic mass is 19.3. The molecule has 1 aliphatic rings. The molecule has 3 rings (SSSR count). The lowest BCUT2D eigenvalue weighted by molar-refractivity contribution is -0.127. The van der Waals surface area contributed by atoms with E-state index in [9.17, 15) is 27.6 Å². The average Bonchev–Trinajstić information content (AvgIpc) is 2.82. The van der Waals surface area contributed by atoms with E-state index in [-0.39, 0.29) is 36.7 Å². The smallest absolute Gasteiger partial charge is 0.387 e. The first-order valence-corrected chi connectivity index (χ1v) is 10.9. The van der Waals surface area contributed by atoms with Gasteiger partial charge in [-0.05, 0) is 49.1 Å². The van der Waals surface area contributed by atoms with E-state index in [1.165, 1.54) is 35.2 Å². The number of nitrogens with two attached hydrogens (primary N) is 1. The van der Waals surface area contributed by atoms with Crippen molar-refractivity contribution in [2.24, 2.45) is 17.6 Å². The maximum atomic E-state index is 13.1. The number of hydrogen-bond donors (Lipinski definition) is 2. The summed E-state index contributed by atoms with van der Waals surface area (Å²) in [5.74, 6) is -3.26. The van der Waals surface area contributed by atoms with Crippen molar-refractivity contribution < 1.29 is 32.3 Å². The lowest BCUT2D eigenvalue weighted by Gasteiger charge is -2.32. The summed E-state index contributed by atoms with van der Waals surface area (Å²) in [7, 11) is 0. The van der Waals surface area contributed by atoms with Crippen LogP contribution in [0.3, 0.4) is 0 Å². The molecule has 1 aliphatic heterocycles. The van der Waals surface area contributed by atoms with Crippen molar-refractivity contribution >= 4 is 17.7 Å². The Morgan fingerprint density at radius 1 is 1.12 bits per heavy atom. The fourth-order valence-electron chi connectivity index (χ4n) is 3.93. The number of amides is 3. The van der Waals surface area contributed by atoms with E-state index in [2.05, 4.69) is 10.1 Å². The molecule has 3 amide bonds. The number of carbonyl (C=O) groups excluding carboxylic acids is 3. The summed E-state index contributed by atoms with van der Waals surface area (Å²) < 4.78 is 42.9. The fourth-order valence-corrected chi connectivity index (χ4v) is 3.93. The zero-order chi connectivity index (χ0) is 24.7. The van der Waals surface area contributed by atoms with Crippen molar-refractivity contribution in [2.45, 2.75) is 25.9 Å². The SMILES string of the molecule is NC(=O)C(CNC(=O)C1CCCN(C(=O)c2ccccc2OC(F)F)C1)Cc1ccc(F)cc1. The molecule has 2 aromatic rings. The molecule has 0 aliphatic carbocycles. The molecule has 2 unspecified atom stereocenters. The van der Waals surface area contributed by atoms with Gasteiger partial charge in [0.15, 0.2) is 0 Å². The van der Waals surface area contributed by atoms with Crippen LogP contribution in [0.1, 0.15) is 28.8 Å². The van der Waals surface area contributed by atoms with Crippen molar-refractivity contribution in [3.8, 4) is 5.75 Å². The Morgan fingerprint density at radius 2 is 1.82 bits per heavy atom. The Kier molecular flexibility index (Phi) is 8.50. The van der Waals surface area contributed by atoms with E-state index in [4.69, 9.17) is 5.73 Å². The molecule has 1 saturated heterocycles. The normalized spacial score (nSPS) is 16.7. The quantitative estimate of drug-likeness (QED) is 0.580. The first-order chi connectivity index (χ1) is 16.2. The van der Waals surface area contributed by atoms with E-state index in [0.29, 0.717) is 24.9 Å². The van der Waals surface area contributed by atoms with Crippen LogP contribution in [-0.2, 0) is 16.0 Å². The highest BCUT2D eigenvalue weighted by Gasteiger charge is 2.31. The molecular formula is C24H26F3N3O4. The number of carbonyl (C=O) groups is 3. The van der Waals surface area contributed by atoms with Crippen LogP contribution in [0.15, 0.2) is 48.5 Å². The molecule has 0 spiro atoms. The van der Waals surface area contributed by atoms with Crippen molar-refractivity contribution in [1.29, 1.82) is 0 Å². The van der Waals surface area contributed by atoms with E-state index in [0.717, 1.165) is 0 Å². The summed E-state index contributed by atoms with van der Waals surface area (Å²) in [6.45, 7) is -2.59. The number of benzene rings is 2. The van der Waals surface area contributed by atoms with Gasteiger partial charge in [0.1, 0.15) is 11.6 Å². The summed E-state index contributed by atoms with van der Waals surface area (Å²) in [6, 6.07) is 11.4. The van der Waals surface area contributed by atoms with Gasteiger partial charge in [-0.15, -0.1) is 0 Å². The molecule has 3 N–H and O–H groups in total. The van der Waals surface area contributed by atoms with E-state index < -0.39 is 36.1 Å². The summed E-state index contributed by atoms with van der Waals surface area (Å²) >= 11 is 0. The molecule has 7 nitrogen and oxygen atoms in total. The van der Waals surface area contributed by atoms with Crippen molar-refractivity contribution in [1.82, 2.24) is 10.2 Å². The molecule has 0 saturated carbocycles. The minimum Gasteiger partial charge on any atom is -0.434 e. The number of nitrogens with one attached hydrogen (secondary N) is 1. The van der Waals surface area contributed by atoms with E-state index in [1.807, 2.05) is 0 Å². The zero-order valence-corrected chi connectivity index (χ0v) is 18.4. The van der Waals surface area contributed by atoms with Gasteiger partial charge in [0, 0.05) is 19.6 Å². The topological polar surface area (TPSA) is 102 Å². The number of alkyl halides is 2. The monoisotopic (exact) mass is 477 g/mol. The van der Waals surface area contributed by atoms with Crippen molar-refractivity contribution in [3.63, 3.8) is 0 Å². The molecule has 182 valence electrons. The van der Waals surface area contributed by atoms with Crippen LogP contribution in [0.5, 0.6) is 5.75 Å². The lowest BCUT2D eigenvalue weighted by atomic mass is 9.95. The Morgan fingerprint density at radius 3 is 2.50 bits per heavy atom. The van der Waals surface area contributed by atoms with Crippen LogP contribution in [0.2, 0.25) is 0 Å². The Balaban J connectivity index is 1.60. The lowest BCUT2D eigenvalue weighted by Crippen LogP contribution is -2.47. The van der Waals surface area contributed by atoms with Crippen LogP contribution >= 0.6 is 0 Å². The molecular weight excluding hydrogens is 451 g/mol. The third kappa shape index (κ3) is 6.72. The highest BCUT2D eigenvalue weighted by molar-refractivity contribution is 5.97. The predicted molar refractivity (Wildman–Crippen MR) is 117 cm³/mol. The molecule has 0 aromatic heterocycles. The van der Waals surface area contributed by atoms with Crippen LogP contribution < -0.4 is 15.8 Å². The molecule has 10 heteroatoms. The maximum absolute atomic E-state index is 13.1. The average molecular weight is 477 g/mol. The number of likely N-dealkylation sites (tertiary alicyclic amines) is 1. The van der Waals surface area contributed by atoms with Gasteiger partial charge in [-0.1, -0.05) is 24.3 Å². The van der Waals surface area contributed by atoms with Gasteiger partial charge >= 0.3 is 6.61 Å². The minimum atomic E-state index is -3.07. The van der Waals surface area contributed by atoms with Crippen LogP contribution in [0.25, 0.3) is 0 Å². The molecule has 2 aromatic carbocycles. The summed E-state index contributed by atoms with van der Waals surface area (Å²) in [5.41, 5.74) is 6.18. The number of ether oxygens (including phenoxy) is 1. The van der Waals surface area contributed by atoms with Gasteiger partial charge in [0.05, 0.1) is 17.4 Å². The van der Waals surface area contributed by atoms with E-state index >= 15 is 0 Å². The second kappa shape index (κ2) is 11.5. The minimum absolute atomic E-state index is 0.00104. The van der Waals surface area contributed by atoms with Gasteiger partial charge in [-0.3, -0.25) is 14.4 Å². The van der Waals surface area contributed by atoms with Gasteiger partial charge in [-0.2, -0.15) is 8.78 Å². The molecule has 34 heavy (non-hydrogen) atoms.